The van der Waals surface area contributed by atoms with Crippen LogP contribution >= 0.6 is 11.3 Å². The van der Waals surface area contributed by atoms with Gasteiger partial charge >= 0.3 is 0 Å². The van der Waals surface area contributed by atoms with E-state index in [4.69, 9.17) is 0 Å². The van der Waals surface area contributed by atoms with Gasteiger partial charge < -0.3 is 0 Å². The maximum Gasteiger partial charge on any atom is 0.235 e. The molecule has 0 bridgehead atoms. The minimum absolute atomic E-state index is 0.205. The standard InChI is InChI=1S/C12H9NOS/c14-9-13-12(11-7-4-8-15-11)10-5-2-1-3-6-10/h1-8,12H. The van der Waals surface area contributed by atoms with Gasteiger partial charge in [0, 0.05) is 4.88 Å². The molecule has 1 unspecified atom stereocenters. The van der Waals surface area contributed by atoms with Crippen molar-refractivity contribution in [2.45, 2.75) is 6.04 Å². The molecule has 0 aliphatic carbocycles. The minimum Gasteiger partial charge on any atom is -0.211 e. The molecule has 0 amide bonds. The first-order valence-electron chi connectivity index (χ1n) is 4.57. The van der Waals surface area contributed by atoms with Crippen molar-refractivity contribution in [3.05, 3.63) is 58.3 Å². The number of carbonyl (C=O) groups excluding carboxylic acids is 1. The molecule has 1 aromatic carbocycles. The van der Waals surface area contributed by atoms with Crippen LogP contribution in [0.3, 0.4) is 0 Å². The third kappa shape index (κ3) is 2.21. The summed E-state index contributed by atoms with van der Waals surface area (Å²) in [5.74, 6) is 0. The molecule has 0 saturated carbocycles. The van der Waals surface area contributed by atoms with Gasteiger partial charge in [-0.05, 0) is 17.0 Å². The Bertz CT molecular complexity index is 458. The summed E-state index contributed by atoms with van der Waals surface area (Å²) >= 11 is 1.59. The van der Waals surface area contributed by atoms with Gasteiger partial charge in [-0.1, -0.05) is 36.4 Å². The number of aliphatic imine (C=N–C) groups is 1. The van der Waals surface area contributed by atoms with Gasteiger partial charge in [0.05, 0.1) is 0 Å². The van der Waals surface area contributed by atoms with Crippen LogP contribution < -0.4 is 0 Å². The summed E-state index contributed by atoms with van der Waals surface area (Å²) in [4.78, 5) is 15.3. The van der Waals surface area contributed by atoms with Crippen molar-refractivity contribution in [3.63, 3.8) is 0 Å². The molecule has 0 saturated heterocycles. The van der Waals surface area contributed by atoms with Gasteiger partial charge in [0.25, 0.3) is 0 Å². The van der Waals surface area contributed by atoms with E-state index in [-0.39, 0.29) is 6.04 Å². The van der Waals surface area contributed by atoms with Gasteiger partial charge in [0.1, 0.15) is 6.04 Å². The highest BCUT2D eigenvalue weighted by Gasteiger charge is 2.12. The fourth-order valence-electron chi connectivity index (χ4n) is 1.44. The highest BCUT2D eigenvalue weighted by Crippen LogP contribution is 2.28. The predicted octanol–water partition coefficient (Wildman–Crippen LogP) is 3.17. The van der Waals surface area contributed by atoms with E-state index in [0.29, 0.717) is 0 Å². The van der Waals surface area contributed by atoms with Gasteiger partial charge in [-0.25, -0.2) is 4.79 Å². The third-order valence-electron chi connectivity index (χ3n) is 2.11. The van der Waals surface area contributed by atoms with Crippen LogP contribution in [0.25, 0.3) is 0 Å². The van der Waals surface area contributed by atoms with E-state index in [1.807, 2.05) is 47.8 Å². The molecular formula is C12H9NOS. The summed E-state index contributed by atoms with van der Waals surface area (Å²) in [6.07, 6.45) is 1.64. The van der Waals surface area contributed by atoms with Crippen LogP contribution in [0.4, 0.5) is 0 Å². The van der Waals surface area contributed by atoms with Gasteiger partial charge in [-0.2, -0.15) is 4.99 Å². The van der Waals surface area contributed by atoms with Crippen LogP contribution in [0.15, 0.2) is 52.8 Å². The first-order valence-corrected chi connectivity index (χ1v) is 5.45. The number of nitrogens with zero attached hydrogens (tertiary/aromatic N) is 1. The van der Waals surface area contributed by atoms with Crippen molar-refractivity contribution >= 4 is 17.4 Å². The molecule has 0 spiro atoms. The summed E-state index contributed by atoms with van der Waals surface area (Å²) in [5, 5.41) is 1.98. The quantitative estimate of drug-likeness (QED) is 0.571. The Kier molecular flexibility index (Phi) is 3.08. The summed E-state index contributed by atoms with van der Waals surface area (Å²) in [5.41, 5.74) is 1.02. The van der Waals surface area contributed by atoms with E-state index in [2.05, 4.69) is 4.99 Å². The summed E-state index contributed by atoms with van der Waals surface area (Å²) in [6.45, 7) is 0. The molecular weight excluding hydrogens is 206 g/mol. The number of hydrogen-bond acceptors (Lipinski definition) is 3. The van der Waals surface area contributed by atoms with Gasteiger partial charge in [0.2, 0.25) is 6.08 Å². The second-order valence-electron chi connectivity index (χ2n) is 3.05. The average molecular weight is 215 g/mol. The predicted molar refractivity (Wildman–Crippen MR) is 60.7 cm³/mol. The normalized spacial score (nSPS) is 11.7. The molecule has 1 aromatic heterocycles. The number of thiophene rings is 1. The molecule has 1 atom stereocenters. The van der Waals surface area contributed by atoms with Crippen molar-refractivity contribution in [2.24, 2.45) is 4.99 Å². The monoisotopic (exact) mass is 215 g/mol. The van der Waals surface area contributed by atoms with Crippen LogP contribution in [0.1, 0.15) is 16.5 Å². The molecule has 0 aliphatic rings. The molecule has 2 rings (SSSR count). The Morgan fingerprint density at radius 3 is 2.53 bits per heavy atom. The summed E-state index contributed by atoms with van der Waals surface area (Å²) < 4.78 is 0. The molecule has 0 N–H and O–H groups in total. The lowest BCUT2D eigenvalue weighted by atomic mass is 10.1. The van der Waals surface area contributed by atoms with Crippen LogP contribution in [0.5, 0.6) is 0 Å². The van der Waals surface area contributed by atoms with E-state index in [1.54, 1.807) is 17.4 Å². The number of benzene rings is 1. The maximum atomic E-state index is 10.4. The summed E-state index contributed by atoms with van der Waals surface area (Å²) in [7, 11) is 0. The Balaban J connectivity index is 2.41. The molecule has 74 valence electrons. The second kappa shape index (κ2) is 4.69. The zero-order chi connectivity index (χ0) is 10.5. The average Bonchev–Trinajstić information content (AvgIpc) is 2.80. The maximum absolute atomic E-state index is 10.4. The number of rotatable bonds is 3. The SMILES string of the molecule is O=C=NC(c1ccccc1)c1cccs1. The molecule has 2 aromatic rings. The first-order chi connectivity index (χ1) is 7.42. The molecule has 0 aliphatic heterocycles. The van der Waals surface area contributed by atoms with Crippen LogP contribution in [-0.2, 0) is 4.79 Å². The van der Waals surface area contributed by atoms with Gasteiger partial charge in [-0.3, -0.25) is 0 Å². The third-order valence-corrected chi connectivity index (χ3v) is 3.03. The molecule has 3 heteroatoms. The Labute approximate surface area is 91.9 Å². The van der Waals surface area contributed by atoms with E-state index in [9.17, 15) is 4.79 Å². The lowest BCUT2D eigenvalue weighted by molar-refractivity contribution is 0.561. The highest BCUT2D eigenvalue weighted by molar-refractivity contribution is 7.10. The zero-order valence-corrected chi connectivity index (χ0v) is 8.78. The minimum atomic E-state index is -0.205. The van der Waals surface area contributed by atoms with Crippen LogP contribution in [0, 0.1) is 0 Å². The fourth-order valence-corrected chi connectivity index (χ4v) is 2.23. The summed E-state index contributed by atoms with van der Waals surface area (Å²) in [6, 6.07) is 13.5. The van der Waals surface area contributed by atoms with E-state index in [0.717, 1.165) is 10.4 Å². The van der Waals surface area contributed by atoms with Crippen molar-refractivity contribution < 1.29 is 4.79 Å². The Morgan fingerprint density at radius 2 is 1.93 bits per heavy atom. The second-order valence-corrected chi connectivity index (χ2v) is 4.03. The van der Waals surface area contributed by atoms with Gasteiger partial charge in [0.15, 0.2) is 0 Å². The van der Waals surface area contributed by atoms with Crippen molar-refractivity contribution in [3.8, 4) is 0 Å². The topological polar surface area (TPSA) is 29.4 Å². The molecule has 1 heterocycles. The highest BCUT2D eigenvalue weighted by atomic mass is 32.1. The molecule has 0 fully saturated rings. The largest absolute Gasteiger partial charge is 0.235 e. The Morgan fingerprint density at radius 1 is 1.13 bits per heavy atom. The lowest BCUT2D eigenvalue weighted by Gasteiger charge is -2.07. The molecule has 2 nitrogen and oxygen atoms in total. The lowest BCUT2D eigenvalue weighted by Crippen LogP contribution is -1.94. The van der Waals surface area contributed by atoms with Crippen molar-refractivity contribution in [1.82, 2.24) is 0 Å². The Hall–Kier alpha value is -1.70. The first kappa shape index (κ1) is 9.84. The van der Waals surface area contributed by atoms with Crippen LogP contribution in [-0.4, -0.2) is 6.08 Å². The van der Waals surface area contributed by atoms with Crippen molar-refractivity contribution in [1.29, 1.82) is 0 Å². The number of hydrogen-bond donors (Lipinski definition) is 0. The molecule has 0 radical (unpaired) electrons. The van der Waals surface area contributed by atoms with Gasteiger partial charge in [-0.15, -0.1) is 11.3 Å². The van der Waals surface area contributed by atoms with E-state index < -0.39 is 0 Å². The van der Waals surface area contributed by atoms with Crippen molar-refractivity contribution in [2.75, 3.05) is 0 Å². The van der Waals surface area contributed by atoms with E-state index in [1.165, 1.54) is 0 Å². The molecule has 15 heavy (non-hydrogen) atoms. The number of isocyanates is 1. The smallest absolute Gasteiger partial charge is 0.211 e. The van der Waals surface area contributed by atoms with Crippen LogP contribution in [0.2, 0.25) is 0 Å². The zero-order valence-electron chi connectivity index (χ0n) is 7.96. The fraction of sp³-hybridized carbons (Fsp3) is 0.0833. The van der Waals surface area contributed by atoms with E-state index >= 15 is 0 Å².